The molecule has 0 saturated carbocycles. The van der Waals surface area contributed by atoms with Crippen molar-refractivity contribution in [3.63, 3.8) is 0 Å². The van der Waals surface area contributed by atoms with Gasteiger partial charge >= 0.3 is 7.82 Å². The standard InChI is InChI=1S/C18H21O5P/c1-12-9-13(2)17(14(3)10-12)18(19)16(11-23-24(20,21)22)15-7-5-4-6-8-15/h4-10,16H,11H2,1-3H3,(H2,20,21,22). The average Bonchev–Trinajstić information content (AvgIpc) is 2.46. The van der Waals surface area contributed by atoms with Crippen molar-refractivity contribution in [2.24, 2.45) is 0 Å². The third-order valence-electron chi connectivity index (χ3n) is 3.85. The largest absolute Gasteiger partial charge is 0.469 e. The molecule has 0 bridgehead atoms. The van der Waals surface area contributed by atoms with Crippen LogP contribution in [0.15, 0.2) is 42.5 Å². The highest BCUT2D eigenvalue weighted by molar-refractivity contribution is 7.46. The molecule has 128 valence electrons. The molecule has 0 saturated heterocycles. The number of Topliss-reactive ketones (excluding diaryl/α,β-unsaturated/α-hetero) is 1. The van der Waals surface area contributed by atoms with Crippen LogP contribution in [-0.4, -0.2) is 22.2 Å². The van der Waals surface area contributed by atoms with E-state index in [0.717, 1.165) is 16.7 Å². The molecule has 0 radical (unpaired) electrons. The van der Waals surface area contributed by atoms with Crippen LogP contribution in [0.25, 0.3) is 0 Å². The average molecular weight is 348 g/mol. The maximum Gasteiger partial charge on any atom is 0.469 e. The van der Waals surface area contributed by atoms with E-state index < -0.39 is 13.7 Å². The Morgan fingerprint density at radius 2 is 1.62 bits per heavy atom. The zero-order valence-electron chi connectivity index (χ0n) is 13.9. The van der Waals surface area contributed by atoms with Crippen LogP contribution in [0, 0.1) is 20.8 Å². The molecular weight excluding hydrogens is 327 g/mol. The van der Waals surface area contributed by atoms with Gasteiger partial charge in [0.2, 0.25) is 0 Å². The number of aryl methyl sites for hydroxylation is 3. The van der Waals surface area contributed by atoms with Crippen LogP contribution in [0.4, 0.5) is 0 Å². The molecule has 2 aromatic carbocycles. The molecule has 5 nitrogen and oxygen atoms in total. The quantitative estimate of drug-likeness (QED) is 0.614. The fourth-order valence-electron chi connectivity index (χ4n) is 2.92. The van der Waals surface area contributed by atoms with Crippen molar-refractivity contribution >= 4 is 13.6 Å². The number of hydrogen-bond acceptors (Lipinski definition) is 3. The molecule has 2 rings (SSSR count). The molecule has 2 N–H and O–H groups in total. The molecule has 24 heavy (non-hydrogen) atoms. The number of ketones is 1. The molecule has 0 fully saturated rings. The molecule has 0 aliphatic heterocycles. The van der Waals surface area contributed by atoms with E-state index in [9.17, 15) is 9.36 Å². The van der Waals surface area contributed by atoms with Crippen molar-refractivity contribution in [1.82, 2.24) is 0 Å². The number of benzene rings is 2. The second kappa shape index (κ2) is 7.41. The van der Waals surface area contributed by atoms with Crippen molar-refractivity contribution in [3.05, 3.63) is 70.3 Å². The number of phosphoric acid groups is 1. The summed E-state index contributed by atoms with van der Waals surface area (Å²) in [5, 5.41) is 0. The maximum atomic E-state index is 13.1. The number of phosphoric ester groups is 1. The van der Waals surface area contributed by atoms with Gasteiger partial charge in [-0.15, -0.1) is 0 Å². The van der Waals surface area contributed by atoms with Crippen LogP contribution in [0.2, 0.25) is 0 Å². The molecule has 0 amide bonds. The van der Waals surface area contributed by atoms with E-state index in [1.54, 1.807) is 24.3 Å². The van der Waals surface area contributed by atoms with Gasteiger partial charge in [-0.1, -0.05) is 48.0 Å². The third-order valence-corrected chi connectivity index (χ3v) is 4.34. The van der Waals surface area contributed by atoms with E-state index >= 15 is 0 Å². The van der Waals surface area contributed by atoms with E-state index in [-0.39, 0.29) is 12.4 Å². The first-order chi connectivity index (χ1) is 11.2. The normalized spacial score (nSPS) is 12.9. The van der Waals surface area contributed by atoms with E-state index in [0.29, 0.717) is 11.1 Å². The van der Waals surface area contributed by atoms with Crippen LogP contribution in [0.5, 0.6) is 0 Å². The van der Waals surface area contributed by atoms with Crippen LogP contribution >= 0.6 is 7.82 Å². The molecule has 0 heterocycles. The number of carbonyl (C=O) groups is 1. The highest BCUT2D eigenvalue weighted by atomic mass is 31.2. The summed E-state index contributed by atoms with van der Waals surface area (Å²) >= 11 is 0. The van der Waals surface area contributed by atoms with Gasteiger partial charge in [0.1, 0.15) is 0 Å². The Hall–Kier alpha value is -1.78. The molecule has 1 atom stereocenters. The molecular formula is C18H21O5P. The van der Waals surface area contributed by atoms with Crippen molar-refractivity contribution in [2.45, 2.75) is 26.7 Å². The summed E-state index contributed by atoms with van der Waals surface area (Å²) in [6, 6.07) is 12.7. The number of hydrogen-bond donors (Lipinski definition) is 2. The van der Waals surface area contributed by atoms with Crippen LogP contribution < -0.4 is 0 Å². The van der Waals surface area contributed by atoms with Gasteiger partial charge < -0.3 is 9.79 Å². The molecule has 0 aromatic heterocycles. The summed E-state index contributed by atoms with van der Waals surface area (Å²) in [4.78, 5) is 31.1. The number of carbonyl (C=O) groups excluding carboxylic acids is 1. The maximum absolute atomic E-state index is 13.1. The third kappa shape index (κ3) is 4.62. The van der Waals surface area contributed by atoms with Crippen LogP contribution in [0.3, 0.4) is 0 Å². The summed E-state index contributed by atoms with van der Waals surface area (Å²) in [6.07, 6.45) is 0. The summed E-state index contributed by atoms with van der Waals surface area (Å²) in [7, 11) is -4.66. The lowest BCUT2D eigenvalue weighted by atomic mass is 9.86. The van der Waals surface area contributed by atoms with Crippen molar-refractivity contribution in [1.29, 1.82) is 0 Å². The lowest BCUT2D eigenvalue weighted by Gasteiger charge is -2.19. The van der Waals surface area contributed by atoms with Gasteiger partial charge in [-0.2, -0.15) is 0 Å². The van der Waals surface area contributed by atoms with Gasteiger partial charge in [-0.05, 0) is 37.5 Å². The number of rotatable bonds is 6. The highest BCUT2D eigenvalue weighted by Crippen LogP contribution is 2.38. The van der Waals surface area contributed by atoms with Crippen LogP contribution in [-0.2, 0) is 9.09 Å². The van der Waals surface area contributed by atoms with Crippen LogP contribution in [0.1, 0.15) is 38.5 Å². The highest BCUT2D eigenvalue weighted by Gasteiger charge is 2.28. The van der Waals surface area contributed by atoms with Gasteiger partial charge in [0.25, 0.3) is 0 Å². The molecule has 0 aliphatic rings. The van der Waals surface area contributed by atoms with E-state index in [4.69, 9.17) is 9.79 Å². The van der Waals surface area contributed by atoms with Crippen molar-refractivity contribution in [3.8, 4) is 0 Å². The zero-order valence-corrected chi connectivity index (χ0v) is 14.8. The lowest BCUT2D eigenvalue weighted by Crippen LogP contribution is -2.20. The minimum absolute atomic E-state index is 0.204. The Bertz CT molecular complexity index is 756. The monoisotopic (exact) mass is 348 g/mol. The van der Waals surface area contributed by atoms with E-state index in [1.807, 2.05) is 39.0 Å². The van der Waals surface area contributed by atoms with Gasteiger partial charge in [0, 0.05) is 5.56 Å². The van der Waals surface area contributed by atoms with Gasteiger partial charge in [0.15, 0.2) is 5.78 Å². The summed E-state index contributed by atoms with van der Waals surface area (Å²) in [5.41, 5.74) is 3.98. The molecule has 0 spiro atoms. The van der Waals surface area contributed by atoms with Gasteiger partial charge in [-0.3, -0.25) is 9.32 Å². The summed E-state index contributed by atoms with van der Waals surface area (Å²) in [5.74, 6) is -0.983. The SMILES string of the molecule is Cc1cc(C)c(C(=O)C(COP(=O)(O)O)c2ccccc2)c(C)c1. The predicted octanol–water partition coefficient (Wildman–Crippen LogP) is 3.69. The van der Waals surface area contributed by atoms with Crippen molar-refractivity contribution in [2.75, 3.05) is 6.61 Å². The lowest BCUT2D eigenvalue weighted by molar-refractivity contribution is 0.0914. The fraction of sp³-hybridized carbons (Fsp3) is 0.278. The Labute approximate surface area is 141 Å². The van der Waals surface area contributed by atoms with Gasteiger partial charge in [-0.25, -0.2) is 4.57 Å². The minimum atomic E-state index is -4.66. The zero-order chi connectivity index (χ0) is 17.9. The molecule has 0 aliphatic carbocycles. The smallest absolute Gasteiger partial charge is 0.303 e. The topological polar surface area (TPSA) is 83.8 Å². The Balaban J connectivity index is 2.44. The fourth-order valence-corrected chi connectivity index (χ4v) is 3.27. The van der Waals surface area contributed by atoms with E-state index in [2.05, 4.69) is 4.52 Å². The Morgan fingerprint density at radius 1 is 1.08 bits per heavy atom. The Kier molecular flexibility index (Phi) is 5.73. The molecule has 2 aromatic rings. The second-order valence-corrected chi connectivity index (χ2v) is 7.13. The first-order valence-electron chi connectivity index (χ1n) is 7.56. The first-order valence-corrected chi connectivity index (χ1v) is 9.09. The Morgan fingerprint density at radius 3 is 2.12 bits per heavy atom. The first kappa shape index (κ1) is 18.6. The summed E-state index contributed by atoms with van der Waals surface area (Å²) in [6.45, 7) is 5.30. The molecule has 1 unspecified atom stereocenters. The second-order valence-electron chi connectivity index (χ2n) is 5.89. The van der Waals surface area contributed by atoms with Crippen molar-refractivity contribution < 1.29 is 23.7 Å². The van der Waals surface area contributed by atoms with Gasteiger partial charge in [0.05, 0.1) is 12.5 Å². The predicted molar refractivity (Wildman–Crippen MR) is 92.2 cm³/mol. The van der Waals surface area contributed by atoms with E-state index in [1.165, 1.54) is 0 Å². The molecule has 6 heteroatoms. The summed E-state index contributed by atoms with van der Waals surface area (Å²) < 4.78 is 15.7. The minimum Gasteiger partial charge on any atom is -0.303 e.